The minimum Gasteiger partial charge on any atom is -0.366 e. The number of urea groups is 1. The van der Waals surface area contributed by atoms with E-state index < -0.39 is 17.8 Å². The Morgan fingerprint density at radius 3 is 2.17 bits per heavy atom. The van der Waals surface area contributed by atoms with Gasteiger partial charge < -0.3 is 5.73 Å². The van der Waals surface area contributed by atoms with E-state index in [1.807, 2.05) is 0 Å². The lowest BCUT2D eigenvalue weighted by molar-refractivity contribution is 0.0964. The molecule has 2 rings (SSSR count). The van der Waals surface area contributed by atoms with E-state index in [1.54, 1.807) is 18.2 Å². The molecule has 3 N–H and O–H groups in total. The molecule has 2 aromatic rings. The van der Waals surface area contributed by atoms with Crippen molar-refractivity contribution < 1.29 is 14.4 Å². The fourth-order valence-corrected chi connectivity index (χ4v) is 2.15. The average molecular weight is 386 g/mol. The van der Waals surface area contributed by atoms with Crippen molar-refractivity contribution >= 4 is 60.4 Å². The monoisotopic (exact) mass is 385 g/mol. The van der Waals surface area contributed by atoms with Gasteiger partial charge in [-0.2, -0.15) is 0 Å². The third kappa shape index (κ3) is 4.64. The Labute approximate surface area is 154 Å². The van der Waals surface area contributed by atoms with Gasteiger partial charge in [-0.15, -0.1) is 12.4 Å². The number of benzene rings is 2. The Kier molecular flexibility index (Phi) is 7.09. The van der Waals surface area contributed by atoms with E-state index in [0.717, 1.165) is 4.31 Å². The molecule has 126 valence electrons. The highest BCUT2D eigenvalue weighted by molar-refractivity contribution is 7.82. The molecule has 0 spiro atoms. The van der Waals surface area contributed by atoms with Crippen molar-refractivity contribution in [2.75, 3.05) is 4.31 Å². The van der Waals surface area contributed by atoms with Crippen LogP contribution in [0.5, 0.6) is 0 Å². The number of halogens is 2. The summed E-state index contributed by atoms with van der Waals surface area (Å²) < 4.78 is 0.930. The Morgan fingerprint density at radius 2 is 1.62 bits per heavy atom. The van der Waals surface area contributed by atoms with Crippen molar-refractivity contribution in [3.8, 4) is 0 Å². The van der Waals surface area contributed by atoms with Crippen LogP contribution in [-0.2, 0) is 0 Å². The van der Waals surface area contributed by atoms with Gasteiger partial charge in [0.2, 0.25) is 5.91 Å². The zero-order valence-electron chi connectivity index (χ0n) is 12.1. The normalized spacial score (nSPS) is 9.58. The molecule has 0 bridgehead atoms. The Balaban J connectivity index is 0.00000288. The maximum absolute atomic E-state index is 12.0. The van der Waals surface area contributed by atoms with Crippen LogP contribution in [0, 0.1) is 0 Å². The number of nitrogens with two attached hydrogens (primary N) is 1. The lowest BCUT2D eigenvalue weighted by atomic mass is 10.2. The molecule has 0 aliphatic rings. The quantitative estimate of drug-likeness (QED) is 0.708. The Morgan fingerprint density at radius 1 is 1.04 bits per heavy atom. The van der Waals surface area contributed by atoms with Crippen molar-refractivity contribution in [1.29, 1.82) is 0 Å². The molecule has 2 aromatic carbocycles. The van der Waals surface area contributed by atoms with Gasteiger partial charge in [0.15, 0.2) is 0 Å². The number of nitrogens with zero attached hydrogens (tertiary/aromatic N) is 1. The second kappa shape index (κ2) is 8.58. The van der Waals surface area contributed by atoms with Crippen LogP contribution in [0.2, 0.25) is 5.02 Å². The molecule has 0 saturated heterocycles. The molecule has 0 saturated carbocycles. The minimum absolute atomic E-state index is 0. The van der Waals surface area contributed by atoms with E-state index in [-0.39, 0.29) is 23.0 Å². The highest BCUT2D eigenvalue weighted by Crippen LogP contribution is 2.18. The highest BCUT2D eigenvalue weighted by Gasteiger charge is 2.18. The molecule has 24 heavy (non-hydrogen) atoms. The molecule has 0 aliphatic heterocycles. The van der Waals surface area contributed by atoms with Crippen LogP contribution in [0.1, 0.15) is 20.7 Å². The minimum atomic E-state index is -0.759. The van der Waals surface area contributed by atoms with Crippen LogP contribution < -0.4 is 15.4 Å². The van der Waals surface area contributed by atoms with Gasteiger partial charge in [0.25, 0.3) is 5.91 Å². The van der Waals surface area contributed by atoms with Crippen LogP contribution >= 0.6 is 36.8 Å². The van der Waals surface area contributed by atoms with E-state index in [0.29, 0.717) is 11.3 Å². The van der Waals surface area contributed by atoms with E-state index in [1.165, 1.54) is 30.3 Å². The third-order valence-corrected chi connectivity index (χ3v) is 3.67. The molecule has 0 fully saturated rings. The SMILES string of the molecule is Cl.NC(=O)c1ccc(N(S)C(=O)NC(=O)c2ccccc2Cl)cc1. The van der Waals surface area contributed by atoms with Crippen molar-refractivity contribution in [3.05, 3.63) is 64.7 Å². The molecule has 0 radical (unpaired) electrons. The number of nitrogens with one attached hydrogen (secondary N) is 1. The van der Waals surface area contributed by atoms with Gasteiger partial charge in [-0.25, -0.2) is 9.10 Å². The van der Waals surface area contributed by atoms with Crippen LogP contribution in [0.3, 0.4) is 0 Å². The van der Waals surface area contributed by atoms with Crippen LogP contribution in [0.4, 0.5) is 10.5 Å². The Bertz CT molecular complexity index is 769. The van der Waals surface area contributed by atoms with Gasteiger partial charge in [-0.05, 0) is 36.4 Å². The van der Waals surface area contributed by atoms with E-state index in [9.17, 15) is 14.4 Å². The summed E-state index contributed by atoms with van der Waals surface area (Å²) in [4.78, 5) is 35.1. The summed E-state index contributed by atoms with van der Waals surface area (Å²) in [7, 11) is 0. The molecule has 0 aromatic heterocycles. The van der Waals surface area contributed by atoms with Gasteiger partial charge in [0.05, 0.1) is 16.3 Å². The third-order valence-electron chi connectivity index (χ3n) is 2.93. The van der Waals surface area contributed by atoms with E-state index >= 15 is 0 Å². The maximum atomic E-state index is 12.0. The summed E-state index contributed by atoms with van der Waals surface area (Å²) in [6.07, 6.45) is 0. The van der Waals surface area contributed by atoms with Crippen LogP contribution in [0.15, 0.2) is 48.5 Å². The molecule has 0 heterocycles. The summed E-state index contributed by atoms with van der Waals surface area (Å²) >= 11 is 9.93. The van der Waals surface area contributed by atoms with Crippen molar-refractivity contribution in [2.24, 2.45) is 5.73 Å². The second-order valence-electron chi connectivity index (χ2n) is 4.46. The fraction of sp³-hybridized carbons (Fsp3) is 0. The molecular formula is C15H13Cl2N3O3S. The van der Waals surface area contributed by atoms with Gasteiger partial charge in [-0.3, -0.25) is 14.9 Å². The summed E-state index contributed by atoms with van der Waals surface area (Å²) in [5, 5.41) is 2.40. The van der Waals surface area contributed by atoms with Gasteiger partial charge >= 0.3 is 6.03 Å². The van der Waals surface area contributed by atoms with E-state index in [4.69, 9.17) is 17.3 Å². The second-order valence-corrected chi connectivity index (χ2v) is 5.27. The largest absolute Gasteiger partial charge is 0.366 e. The molecule has 0 unspecified atom stereocenters. The fourth-order valence-electron chi connectivity index (χ4n) is 1.75. The number of anilines is 1. The number of imide groups is 1. The number of thiol groups is 1. The summed E-state index contributed by atoms with van der Waals surface area (Å²) in [5.74, 6) is -1.23. The van der Waals surface area contributed by atoms with Crippen LogP contribution in [-0.4, -0.2) is 17.8 Å². The number of hydrogen-bond donors (Lipinski definition) is 3. The molecule has 9 heteroatoms. The summed E-state index contributed by atoms with van der Waals surface area (Å²) in [6.45, 7) is 0. The molecule has 0 atom stereocenters. The van der Waals surface area contributed by atoms with Crippen molar-refractivity contribution in [2.45, 2.75) is 0 Å². The van der Waals surface area contributed by atoms with Gasteiger partial charge in [-0.1, -0.05) is 36.5 Å². The molecule has 4 amide bonds. The van der Waals surface area contributed by atoms with Crippen molar-refractivity contribution in [1.82, 2.24) is 5.32 Å². The van der Waals surface area contributed by atoms with Crippen molar-refractivity contribution in [3.63, 3.8) is 0 Å². The van der Waals surface area contributed by atoms with E-state index in [2.05, 4.69) is 18.1 Å². The molecular weight excluding hydrogens is 373 g/mol. The first-order chi connectivity index (χ1) is 10.9. The summed E-state index contributed by atoms with van der Waals surface area (Å²) in [5.41, 5.74) is 5.97. The number of carbonyl (C=O) groups is 3. The average Bonchev–Trinajstić information content (AvgIpc) is 2.54. The zero-order chi connectivity index (χ0) is 17.0. The number of hydrogen-bond acceptors (Lipinski definition) is 4. The lowest BCUT2D eigenvalue weighted by Crippen LogP contribution is -2.38. The topological polar surface area (TPSA) is 92.5 Å². The predicted molar refractivity (Wildman–Crippen MR) is 98.0 cm³/mol. The maximum Gasteiger partial charge on any atom is 0.338 e. The van der Waals surface area contributed by atoms with Gasteiger partial charge in [0.1, 0.15) is 0 Å². The first-order valence-electron chi connectivity index (χ1n) is 6.39. The Hall–Kier alpha value is -2.22. The molecule has 6 nitrogen and oxygen atoms in total. The first kappa shape index (κ1) is 19.8. The number of primary amides is 1. The smallest absolute Gasteiger partial charge is 0.338 e. The standard InChI is InChI=1S/C15H12ClN3O3S.ClH/c16-12-4-2-1-3-11(12)14(21)18-15(22)19(23)10-7-5-9(6-8-10)13(17)20;/h1-8,23H,(H2,17,20)(H,18,21,22);1H. The molecule has 0 aliphatic carbocycles. The number of rotatable bonds is 3. The first-order valence-corrected chi connectivity index (χ1v) is 7.16. The number of amides is 4. The lowest BCUT2D eigenvalue weighted by Gasteiger charge is -2.16. The summed E-state index contributed by atoms with van der Waals surface area (Å²) in [6, 6.07) is 11.4. The highest BCUT2D eigenvalue weighted by atomic mass is 35.5. The van der Waals surface area contributed by atoms with Crippen LogP contribution in [0.25, 0.3) is 0 Å². The number of carbonyl (C=O) groups excluding carboxylic acids is 3. The predicted octanol–water partition coefficient (Wildman–Crippen LogP) is 3.06. The zero-order valence-corrected chi connectivity index (χ0v) is 14.6. The van der Waals surface area contributed by atoms with Gasteiger partial charge in [0, 0.05) is 5.56 Å².